The molecule has 2 N–H and O–H groups in total. The maximum Gasteiger partial charge on any atom is 0.190 e. The quantitative estimate of drug-likeness (QED) is 0.497. The molecule has 0 aliphatic heterocycles. The highest BCUT2D eigenvalue weighted by Crippen LogP contribution is 2.27. The number of nitrogens with one attached hydrogen (secondary N) is 2. The summed E-state index contributed by atoms with van der Waals surface area (Å²) < 4.78 is 0. The largest absolute Gasteiger partial charge is 0.356 e. The lowest BCUT2D eigenvalue weighted by Gasteiger charge is -2.26. The molecule has 2 rings (SSSR count). The molecule has 0 spiro atoms. The first kappa shape index (κ1) is 17.1. The fourth-order valence-electron chi connectivity index (χ4n) is 2.87. The molecule has 1 fully saturated rings. The molecule has 1 aromatic rings. The average molecular weight is 323 g/mol. The fourth-order valence-corrected chi connectivity index (χ4v) is 2.99. The molecule has 22 heavy (non-hydrogen) atoms. The van der Waals surface area contributed by atoms with E-state index in [-0.39, 0.29) is 0 Å². The third kappa shape index (κ3) is 5.84. The molecule has 0 saturated heterocycles. The number of hydrogen-bond acceptors (Lipinski definition) is 2. The summed E-state index contributed by atoms with van der Waals surface area (Å²) in [5, 5.41) is 7.35. The van der Waals surface area contributed by atoms with Crippen LogP contribution in [-0.2, 0) is 6.42 Å². The Kier molecular flexibility index (Phi) is 6.97. The van der Waals surface area contributed by atoms with Gasteiger partial charge in [-0.1, -0.05) is 37.4 Å². The number of pyridine rings is 1. The predicted octanol–water partition coefficient (Wildman–Crippen LogP) is 3.27. The number of rotatable bonds is 5. The Morgan fingerprint density at radius 3 is 2.68 bits per heavy atom. The van der Waals surface area contributed by atoms with Crippen LogP contribution in [0.1, 0.15) is 38.2 Å². The number of halogens is 1. The van der Waals surface area contributed by atoms with Crippen LogP contribution in [0, 0.1) is 11.8 Å². The van der Waals surface area contributed by atoms with Gasteiger partial charge in [0.2, 0.25) is 0 Å². The zero-order valence-electron chi connectivity index (χ0n) is 13.6. The van der Waals surface area contributed by atoms with Gasteiger partial charge in [-0.15, -0.1) is 0 Å². The topological polar surface area (TPSA) is 49.3 Å². The van der Waals surface area contributed by atoms with Gasteiger partial charge >= 0.3 is 0 Å². The summed E-state index contributed by atoms with van der Waals surface area (Å²) >= 11 is 5.79. The van der Waals surface area contributed by atoms with Crippen LogP contribution in [0.3, 0.4) is 0 Å². The van der Waals surface area contributed by atoms with E-state index in [1.807, 2.05) is 25.4 Å². The molecule has 0 atom stereocenters. The molecule has 1 aliphatic rings. The lowest BCUT2D eigenvalue weighted by Crippen LogP contribution is -2.41. The molecule has 122 valence electrons. The van der Waals surface area contributed by atoms with E-state index in [2.05, 4.69) is 27.5 Å². The van der Waals surface area contributed by atoms with Gasteiger partial charge in [-0.25, -0.2) is 4.98 Å². The normalized spacial score (nSPS) is 22.4. The van der Waals surface area contributed by atoms with Crippen LogP contribution < -0.4 is 10.6 Å². The lowest BCUT2D eigenvalue weighted by molar-refractivity contribution is 0.289. The molecular weight excluding hydrogens is 296 g/mol. The average Bonchev–Trinajstić information content (AvgIpc) is 2.54. The Morgan fingerprint density at radius 1 is 1.27 bits per heavy atom. The van der Waals surface area contributed by atoms with Crippen LogP contribution in [0.15, 0.2) is 23.3 Å². The maximum atomic E-state index is 5.79. The van der Waals surface area contributed by atoms with Gasteiger partial charge in [0.25, 0.3) is 0 Å². The summed E-state index contributed by atoms with van der Waals surface area (Å²) in [5.41, 5.74) is 1.17. The Labute approximate surface area is 138 Å². The maximum absolute atomic E-state index is 5.79. The first-order chi connectivity index (χ1) is 10.7. The van der Waals surface area contributed by atoms with Crippen molar-refractivity contribution >= 4 is 17.6 Å². The third-order valence-electron chi connectivity index (χ3n) is 4.41. The minimum atomic E-state index is 0.538. The van der Waals surface area contributed by atoms with Crippen LogP contribution in [0.2, 0.25) is 5.15 Å². The van der Waals surface area contributed by atoms with Gasteiger partial charge in [-0.05, 0) is 42.7 Å². The van der Waals surface area contributed by atoms with Gasteiger partial charge in [0.15, 0.2) is 5.96 Å². The minimum Gasteiger partial charge on any atom is -0.356 e. The number of nitrogens with zero attached hydrogens (tertiary/aromatic N) is 2. The molecule has 0 bridgehead atoms. The predicted molar refractivity (Wildman–Crippen MR) is 93.4 cm³/mol. The van der Waals surface area contributed by atoms with Crippen molar-refractivity contribution in [1.29, 1.82) is 0 Å². The molecule has 0 radical (unpaired) electrons. The first-order valence-electron chi connectivity index (χ1n) is 8.22. The van der Waals surface area contributed by atoms with Crippen molar-refractivity contribution in [2.24, 2.45) is 16.8 Å². The van der Waals surface area contributed by atoms with E-state index in [4.69, 9.17) is 11.6 Å². The molecule has 0 amide bonds. The van der Waals surface area contributed by atoms with Gasteiger partial charge in [0, 0.05) is 26.3 Å². The highest BCUT2D eigenvalue weighted by molar-refractivity contribution is 6.29. The second kappa shape index (κ2) is 8.99. The van der Waals surface area contributed by atoms with Crippen molar-refractivity contribution in [1.82, 2.24) is 15.6 Å². The second-order valence-corrected chi connectivity index (χ2v) is 6.63. The van der Waals surface area contributed by atoms with Crippen molar-refractivity contribution in [2.45, 2.75) is 39.0 Å². The Hall–Kier alpha value is -1.29. The van der Waals surface area contributed by atoms with Crippen molar-refractivity contribution in [3.05, 3.63) is 29.0 Å². The van der Waals surface area contributed by atoms with Crippen molar-refractivity contribution in [3.8, 4) is 0 Å². The first-order valence-corrected chi connectivity index (χ1v) is 8.60. The molecule has 5 heteroatoms. The third-order valence-corrected chi connectivity index (χ3v) is 4.64. The molecule has 0 aromatic carbocycles. The second-order valence-electron chi connectivity index (χ2n) is 6.24. The Morgan fingerprint density at radius 2 is 2.05 bits per heavy atom. The number of aliphatic imine (C=N–C) groups is 1. The van der Waals surface area contributed by atoms with Gasteiger partial charge in [-0.2, -0.15) is 0 Å². The summed E-state index contributed by atoms with van der Waals surface area (Å²) in [6.07, 6.45) is 8.13. The summed E-state index contributed by atoms with van der Waals surface area (Å²) in [7, 11) is 1.82. The SMILES string of the molecule is CN=C(NCCc1ccc(Cl)nc1)NCC1CCC(C)CC1. The number of aromatic nitrogens is 1. The highest BCUT2D eigenvalue weighted by atomic mass is 35.5. The summed E-state index contributed by atoms with van der Waals surface area (Å²) in [4.78, 5) is 8.38. The van der Waals surface area contributed by atoms with Crippen molar-refractivity contribution < 1.29 is 0 Å². The van der Waals surface area contributed by atoms with Crippen molar-refractivity contribution in [2.75, 3.05) is 20.1 Å². The van der Waals surface area contributed by atoms with E-state index in [0.717, 1.165) is 37.3 Å². The molecule has 1 aromatic heterocycles. The van der Waals surface area contributed by atoms with Crippen LogP contribution in [0.4, 0.5) is 0 Å². The Balaban J connectivity index is 1.65. The zero-order valence-corrected chi connectivity index (χ0v) is 14.4. The molecule has 1 aliphatic carbocycles. The van der Waals surface area contributed by atoms with E-state index < -0.39 is 0 Å². The molecule has 1 saturated carbocycles. The summed E-state index contributed by atoms with van der Waals surface area (Å²) in [5.74, 6) is 2.58. The van der Waals surface area contributed by atoms with E-state index in [0.29, 0.717) is 5.15 Å². The van der Waals surface area contributed by atoms with Crippen LogP contribution >= 0.6 is 11.6 Å². The lowest BCUT2D eigenvalue weighted by atomic mass is 9.83. The van der Waals surface area contributed by atoms with E-state index in [1.54, 1.807) is 0 Å². The number of hydrogen-bond donors (Lipinski definition) is 2. The number of guanidine groups is 1. The molecule has 0 unspecified atom stereocenters. The van der Waals surface area contributed by atoms with E-state index in [9.17, 15) is 0 Å². The smallest absolute Gasteiger partial charge is 0.190 e. The van der Waals surface area contributed by atoms with Gasteiger partial charge < -0.3 is 10.6 Å². The minimum absolute atomic E-state index is 0.538. The van der Waals surface area contributed by atoms with Gasteiger partial charge in [0.1, 0.15) is 5.15 Å². The van der Waals surface area contributed by atoms with E-state index >= 15 is 0 Å². The van der Waals surface area contributed by atoms with Crippen LogP contribution in [-0.4, -0.2) is 31.1 Å². The standard InChI is InChI=1S/C17H27ClN4/c1-13-3-5-14(6-4-13)12-22-17(19-2)20-10-9-15-7-8-16(18)21-11-15/h7-8,11,13-14H,3-6,9-10,12H2,1-2H3,(H2,19,20,22). The van der Waals surface area contributed by atoms with Gasteiger partial charge in [0.05, 0.1) is 0 Å². The highest BCUT2D eigenvalue weighted by Gasteiger charge is 2.18. The summed E-state index contributed by atoms with van der Waals surface area (Å²) in [6, 6.07) is 3.84. The fraction of sp³-hybridized carbons (Fsp3) is 0.647. The van der Waals surface area contributed by atoms with Crippen LogP contribution in [0.5, 0.6) is 0 Å². The van der Waals surface area contributed by atoms with Gasteiger partial charge in [-0.3, -0.25) is 4.99 Å². The molecular formula is C17H27ClN4. The van der Waals surface area contributed by atoms with E-state index in [1.165, 1.54) is 31.2 Å². The molecule has 1 heterocycles. The van der Waals surface area contributed by atoms with Crippen LogP contribution in [0.25, 0.3) is 0 Å². The van der Waals surface area contributed by atoms with Crippen molar-refractivity contribution in [3.63, 3.8) is 0 Å². The summed E-state index contributed by atoms with van der Waals surface area (Å²) in [6.45, 7) is 4.22. The molecule has 4 nitrogen and oxygen atoms in total. The zero-order chi connectivity index (χ0) is 15.8. The Bertz CT molecular complexity index is 464. The monoisotopic (exact) mass is 322 g/mol.